The minimum absolute atomic E-state index is 0.0217. The minimum atomic E-state index is -2.99. The number of aliphatic imine (C=N–C) groups is 1. The average molecular weight is 405 g/mol. The lowest BCUT2D eigenvalue weighted by molar-refractivity contribution is 0.601. The second-order valence-electron chi connectivity index (χ2n) is 7.20. The summed E-state index contributed by atoms with van der Waals surface area (Å²) in [5.74, 6) is 0.0136. The monoisotopic (exact) mass is 404 g/mol. The molecule has 0 unspecified atom stereocenters. The molecule has 0 bridgehead atoms. The number of fused-ring (bicyclic) bond motifs is 1. The van der Waals surface area contributed by atoms with E-state index >= 15 is 0 Å². The molecule has 4 rings (SSSR count). The topological polar surface area (TPSA) is 49.7 Å². The van der Waals surface area contributed by atoms with E-state index in [1.54, 1.807) is 12.1 Å². The number of amidine groups is 1. The summed E-state index contributed by atoms with van der Waals surface area (Å²) >= 11 is 1.52. The van der Waals surface area contributed by atoms with Crippen molar-refractivity contribution in [2.24, 2.45) is 4.99 Å². The normalized spacial score (nSPS) is 23.1. The number of thioether (sulfide) groups is 1. The molecule has 0 spiro atoms. The Bertz CT molecular complexity index is 1000. The second kappa shape index (κ2) is 6.95. The lowest BCUT2D eigenvalue weighted by atomic mass is 10.1. The molecule has 2 atom stereocenters. The number of anilines is 1. The maximum Gasteiger partial charge on any atom is 0.164 e. The van der Waals surface area contributed by atoms with Crippen LogP contribution < -0.4 is 4.90 Å². The number of benzene rings is 2. The van der Waals surface area contributed by atoms with Gasteiger partial charge in [-0.15, -0.1) is 0 Å². The van der Waals surface area contributed by atoms with Gasteiger partial charge in [0.15, 0.2) is 15.0 Å². The molecule has 0 amide bonds. The van der Waals surface area contributed by atoms with E-state index in [9.17, 15) is 12.8 Å². The predicted octanol–water partition coefficient (Wildman–Crippen LogP) is 3.72. The molecule has 2 aromatic rings. The highest BCUT2D eigenvalue weighted by atomic mass is 32.2. The summed E-state index contributed by atoms with van der Waals surface area (Å²) in [4.78, 5) is 6.79. The van der Waals surface area contributed by atoms with Crippen molar-refractivity contribution in [1.29, 1.82) is 0 Å². The molecule has 7 heteroatoms. The third kappa shape index (κ3) is 3.89. The smallest absolute Gasteiger partial charge is 0.164 e. The Morgan fingerprint density at radius 1 is 1.15 bits per heavy atom. The van der Waals surface area contributed by atoms with E-state index in [-0.39, 0.29) is 28.6 Å². The van der Waals surface area contributed by atoms with Crippen LogP contribution >= 0.6 is 11.8 Å². The molecule has 2 heterocycles. The fourth-order valence-corrected chi connectivity index (χ4v) is 7.28. The van der Waals surface area contributed by atoms with Crippen LogP contribution in [-0.2, 0) is 16.4 Å². The van der Waals surface area contributed by atoms with Gasteiger partial charge in [0.25, 0.3) is 0 Å². The van der Waals surface area contributed by atoms with E-state index in [4.69, 9.17) is 4.99 Å². The van der Waals surface area contributed by atoms with Gasteiger partial charge in [-0.1, -0.05) is 35.5 Å². The summed E-state index contributed by atoms with van der Waals surface area (Å²) in [6, 6.07) is 12.5. The van der Waals surface area contributed by atoms with Crippen LogP contribution in [0.3, 0.4) is 0 Å². The van der Waals surface area contributed by atoms with Crippen LogP contribution in [0.1, 0.15) is 16.7 Å². The first-order chi connectivity index (χ1) is 12.8. The fourth-order valence-electron chi connectivity index (χ4n) is 3.50. The zero-order chi connectivity index (χ0) is 19.2. The van der Waals surface area contributed by atoms with Crippen LogP contribution in [0.25, 0.3) is 0 Å². The van der Waals surface area contributed by atoms with Crippen molar-refractivity contribution < 1.29 is 12.8 Å². The molecule has 2 aromatic carbocycles. The molecule has 0 saturated carbocycles. The van der Waals surface area contributed by atoms with Crippen molar-refractivity contribution in [3.8, 4) is 0 Å². The van der Waals surface area contributed by atoms with E-state index in [1.165, 1.54) is 40.6 Å². The number of rotatable bonds is 3. The quantitative estimate of drug-likeness (QED) is 0.782. The van der Waals surface area contributed by atoms with Crippen LogP contribution in [0.15, 0.2) is 47.5 Å². The molecule has 0 aromatic heterocycles. The van der Waals surface area contributed by atoms with Crippen LogP contribution in [0.4, 0.5) is 10.1 Å². The number of nitrogens with zero attached hydrogens (tertiary/aromatic N) is 2. The van der Waals surface area contributed by atoms with Crippen LogP contribution in [-0.4, -0.2) is 36.4 Å². The summed E-state index contributed by atoms with van der Waals surface area (Å²) < 4.78 is 37.2. The van der Waals surface area contributed by atoms with Crippen molar-refractivity contribution in [3.05, 3.63) is 65.0 Å². The lowest BCUT2D eigenvalue weighted by Gasteiger charge is -2.26. The van der Waals surface area contributed by atoms with Crippen LogP contribution in [0.2, 0.25) is 0 Å². The van der Waals surface area contributed by atoms with Crippen molar-refractivity contribution in [3.63, 3.8) is 0 Å². The summed E-state index contributed by atoms with van der Waals surface area (Å²) in [5, 5.41) is 0.791. The Labute approximate surface area is 163 Å². The highest BCUT2D eigenvalue weighted by molar-refractivity contribution is 8.15. The van der Waals surface area contributed by atoms with Gasteiger partial charge in [-0.05, 0) is 49.2 Å². The van der Waals surface area contributed by atoms with Crippen molar-refractivity contribution in [1.82, 2.24) is 0 Å². The number of hydrogen-bond acceptors (Lipinski definition) is 5. The van der Waals surface area contributed by atoms with Gasteiger partial charge >= 0.3 is 0 Å². The number of halogens is 1. The molecule has 1 saturated heterocycles. The lowest BCUT2D eigenvalue weighted by Crippen LogP contribution is -2.28. The summed E-state index contributed by atoms with van der Waals surface area (Å²) in [6.45, 7) is 4.74. The predicted molar refractivity (Wildman–Crippen MR) is 110 cm³/mol. The molecule has 142 valence electrons. The standard InChI is InChI=1S/C20H21FN2O2S2/c1-13-3-4-14(2)15(9-13)10-23(17-7-5-16(21)6-8-17)20-22-18-11-27(24,25)12-19(18)26-20/h3-9,18-19H,10-12H2,1-2H3/t18-,19+/m0/s1. The Kier molecular flexibility index (Phi) is 4.76. The first-order valence-corrected chi connectivity index (χ1v) is 11.5. The maximum atomic E-state index is 13.4. The Morgan fingerprint density at radius 3 is 2.59 bits per heavy atom. The minimum Gasteiger partial charge on any atom is -0.317 e. The van der Waals surface area contributed by atoms with Gasteiger partial charge in [0.2, 0.25) is 0 Å². The summed E-state index contributed by atoms with van der Waals surface area (Å²) in [7, 11) is -2.99. The summed E-state index contributed by atoms with van der Waals surface area (Å²) in [5.41, 5.74) is 4.39. The third-order valence-corrected chi connectivity index (χ3v) is 8.25. The van der Waals surface area contributed by atoms with E-state index in [0.29, 0.717) is 6.54 Å². The van der Waals surface area contributed by atoms with E-state index < -0.39 is 9.84 Å². The zero-order valence-electron chi connectivity index (χ0n) is 15.2. The number of hydrogen-bond donors (Lipinski definition) is 0. The van der Waals surface area contributed by atoms with E-state index in [2.05, 4.69) is 36.9 Å². The number of sulfone groups is 1. The SMILES string of the molecule is Cc1ccc(C)c(CN(C2=N[C@H]3CS(=O)(=O)C[C@H]3S2)c2ccc(F)cc2)c1. The average Bonchev–Trinajstić information content (AvgIpc) is 3.10. The van der Waals surface area contributed by atoms with Crippen molar-refractivity contribution in [2.75, 3.05) is 16.4 Å². The van der Waals surface area contributed by atoms with Gasteiger partial charge in [0.05, 0.1) is 24.1 Å². The summed E-state index contributed by atoms with van der Waals surface area (Å²) in [6.07, 6.45) is 0. The molecule has 0 radical (unpaired) electrons. The van der Waals surface area contributed by atoms with Gasteiger partial charge in [0.1, 0.15) is 5.82 Å². The van der Waals surface area contributed by atoms with Gasteiger partial charge < -0.3 is 4.90 Å². The third-order valence-electron chi connectivity index (χ3n) is 5.01. The largest absolute Gasteiger partial charge is 0.317 e. The molecule has 2 aliphatic rings. The molecular weight excluding hydrogens is 383 g/mol. The van der Waals surface area contributed by atoms with E-state index in [0.717, 1.165) is 10.9 Å². The Morgan fingerprint density at radius 2 is 1.89 bits per heavy atom. The molecule has 1 fully saturated rings. The molecule has 2 aliphatic heterocycles. The maximum absolute atomic E-state index is 13.4. The molecule has 27 heavy (non-hydrogen) atoms. The number of aryl methyl sites for hydroxylation is 2. The van der Waals surface area contributed by atoms with Gasteiger partial charge in [0, 0.05) is 10.9 Å². The van der Waals surface area contributed by atoms with Gasteiger partial charge in [-0.25, -0.2) is 12.8 Å². The first kappa shape index (κ1) is 18.5. The Balaban J connectivity index is 1.69. The highest BCUT2D eigenvalue weighted by Crippen LogP contribution is 2.37. The molecule has 0 N–H and O–H groups in total. The molecule has 4 nitrogen and oxygen atoms in total. The zero-order valence-corrected chi connectivity index (χ0v) is 16.9. The van der Waals surface area contributed by atoms with Gasteiger partial charge in [-0.3, -0.25) is 4.99 Å². The van der Waals surface area contributed by atoms with E-state index in [1.807, 2.05) is 0 Å². The first-order valence-electron chi connectivity index (χ1n) is 8.85. The highest BCUT2D eigenvalue weighted by Gasteiger charge is 2.44. The molecule has 0 aliphatic carbocycles. The Hall–Kier alpha value is -1.86. The van der Waals surface area contributed by atoms with Crippen molar-refractivity contribution in [2.45, 2.75) is 31.7 Å². The van der Waals surface area contributed by atoms with Crippen molar-refractivity contribution >= 4 is 32.5 Å². The fraction of sp³-hybridized carbons (Fsp3) is 0.350. The van der Waals surface area contributed by atoms with Gasteiger partial charge in [-0.2, -0.15) is 0 Å². The molecular formula is C20H21FN2O2S2. The second-order valence-corrected chi connectivity index (χ2v) is 10.6. The van der Waals surface area contributed by atoms with Crippen LogP contribution in [0.5, 0.6) is 0 Å². The van der Waals surface area contributed by atoms with Crippen LogP contribution in [0, 0.1) is 19.7 Å².